The molecule has 0 saturated carbocycles. The van der Waals surface area contributed by atoms with Gasteiger partial charge in [0.25, 0.3) is 5.78 Å². The Bertz CT molecular complexity index is 630. The molecule has 0 N–H and O–H groups in total. The molecule has 10 heteroatoms. The minimum Gasteiger partial charge on any atom is -0.282 e. The van der Waals surface area contributed by atoms with Crippen molar-refractivity contribution in [1.82, 2.24) is 29.8 Å². The third-order valence-electron chi connectivity index (χ3n) is 2.57. The zero-order valence-electron chi connectivity index (χ0n) is 11.4. The van der Waals surface area contributed by atoms with Gasteiger partial charge >= 0.3 is 6.18 Å². The van der Waals surface area contributed by atoms with Crippen LogP contribution in [0.25, 0.3) is 0 Å². The minimum absolute atomic E-state index is 0.0882. The number of aromatic nitrogens is 6. The van der Waals surface area contributed by atoms with Crippen molar-refractivity contribution < 1.29 is 18.0 Å². The van der Waals surface area contributed by atoms with Crippen LogP contribution in [-0.4, -0.2) is 41.7 Å². The lowest BCUT2D eigenvalue weighted by Crippen LogP contribution is -2.23. The Morgan fingerprint density at radius 2 is 2.10 bits per heavy atom. The average molecular weight is 302 g/mol. The van der Waals surface area contributed by atoms with Gasteiger partial charge in [-0.2, -0.15) is 18.3 Å². The maximum absolute atomic E-state index is 12.3. The summed E-state index contributed by atoms with van der Waals surface area (Å²) in [4.78, 5) is 15.0. The van der Waals surface area contributed by atoms with E-state index in [1.807, 2.05) is 13.8 Å². The molecular weight excluding hydrogens is 289 g/mol. The summed E-state index contributed by atoms with van der Waals surface area (Å²) in [6.07, 6.45) is -2.65. The van der Waals surface area contributed by atoms with Crippen LogP contribution in [-0.2, 0) is 13.1 Å². The molecule has 0 aliphatic rings. The fourth-order valence-corrected chi connectivity index (χ4v) is 1.68. The molecular formula is C11H13F3N6O. The average Bonchev–Trinajstić information content (AvgIpc) is 2.97. The predicted octanol–water partition coefficient (Wildman–Crippen LogP) is 1.32. The molecule has 2 aromatic heterocycles. The molecule has 2 aromatic rings. The van der Waals surface area contributed by atoms with Crippen molar-refractivity contribution in [2.75, 3.05) is 0 Å². The van der Waals surface area contributed by atoms with E-state index in [1.165, 1.54) is 6.33 Å². The molecule has 0 atom stereocenters. The fraction of sp³-hybridized carbons (Fsp3) is 0.545. The lowest BCUT2D eigenvalue weighted by molar-refractivity contribution is -0.0888. The summed E-state index contributed by atoms with van der Waals surface area (Å²) in [6, 6.07) is 0. The van der Waals surface area contributed by atoms with Crippen molar-refractivity contribution >= 4 is 5.78 Å². The summed E-state index contributed by atoms with van der Waals surface area (Å²) in [5.41, 5.74) is -0.738. The summed E-state index contributed by atoms with van der Waals surface area (Å²) in [5.74, 6) is -1.15. The number of nitrogens with zero attached hydrogens (tertiary/aromatic N) is 6. The Hall–Kier alpha value is -2.26. The smallest absolute Gasteiger partial charge is 0.282 e. The number of hydrogen-bond donors (Lipinski definition) is 0. The SMILES string of the molecule is CC(C)Cn1ncnc1Cn1cc(C(=O)C(F)(F)F)nn1. The summed E-state index contributed by atoms with van der Waals surface area (Å²) >= 11 is 0. The number of Topliss-reactive ketones (excluding diaryl/α,β-unsaturated/α-hetero) is 1. The fourth-order valence-electron chi connectivity index (χ4n) is 1.68. The van der Waals surface area contributed by atoms with Gasteiger partial charge in [0.15, 0.2) is 5.69 Å². The minimum atomic E-state index is -4.96. The maximum Gasteiger partial charge on any atom is 0.456 e. The number of hydrogen-bond acceptors (Lipinski definition) is 5. The summed E-state index contributed by atoms with van der Waals surface area (Å²) < 4.78 is 39.6. The van der Waals surface area contributed by atoms with E-state index in [-0.39, 0.29) is 6.54 Å². The number of carbonyl (C=O) groups excluding carboxylic acids is 1. The topological polar surface area (TPSA) is 78.5 Å². The first-order valence-electron chi connectivity index (χ1n) is 6.15. The molecule has 0 aliphatic carbocycles. The largest absolute Gasteiger partial charge is 0.456 e. The Labute approximate surface area is 117 Å². The molecule has 0 aromatic carbocycles. The van der Waals surface area contributed by atoms with Crippen LogP contribution in [0, 0.1) is 5.92 Å². The number of halogens is 3. The highest BCUT2D eigenvalue weighted by Crippen LogP contribution is 2.19. The van der Waals surface area contributed by atoms with Gasteiger partial charge in [-0.1, -0.05) is 19.1 Å². The summed E-state index contributed by atoms with van der Waals surface area (Å²) in [6.45, 7) is 4.71. The van der Waals surface area contributed by atoms with Crippen molar-refractivity contribution in [2.24, 2.45) is 5.92 Å². The van der Waals surface area contributed by atoms with Crippen LogP contribution in [0.3, 0.4) is 0 Å². The summed E-state index contributed by atoms with van der Waals surface area (Å²) in [5, 5.41) is 10.8. The van der Waals surface area contributed by atoms with Gasteiger partial charge in [-0.3, -0.25) is 4.79 Å². The molecule has 0 unspecified atom stereocenters. The maximum atomic E-state index is 12.3. The van der Waals surface area contributed by atoms with Gasteiger partial charge in [0.05, 0.1) is 6.20 Å². The predicted molar refractivity (Wildman–Crippen MR) is 64.4 cm³/mol. The highest BCUT2D eigenvalue weighted by Gasteiger charge is 2.41. The molecule has 0 bridgehead atoms. The molecule has 2 heterocycles. The zero-order chi connectivity index (χ0) is 15.6. The number of ketones is 1. The Kier molecular flexibility index (Phi) is 4.05. The molecule has 0 radical (unpaired) electrons. The van der Waals surface area contributed by atoms with Gasteiger partial charge in [0.2, 0.25) is 0 Å². The first-order chi connectivity index (χ1) is 9.77. The lowest BCUT2D eigenvalue weighted by atomic mass is 10.2. The number of alkyl halides is 3. The number of rotatable bonds is 5. The Balaban J connectivity index is 2.13. The molecule has 114 valence electrons. The first-order valence-corrected chi connectivity index (χ1v) is 6.15. The molecule has 21 heavy (non-hydrogen) atoms. The molecule has 0 saturated heterocycles. The molecule has 0 fully saturated rings. The van der Waals surface area contributed by atoms with Gasteiger partial charge in [0.1, 0.15) is 18.7 Å². The van der Waals surface area contributed by atoms with Crippen LogP contribution in [0.15, 0.2) is 12.5 Å². The van der Waals surface area contributed by atoms with Crippen molar-refractivity contribution in [2.45, 2.75) is 33.1 Å². The van der Waals surface area contributed by atoms with Crippen LogP contribution in [0.4, 0.5) is 13.2 Å². The second-order valence-corrected chi connectivity index (χ2v) is 4.88. The van der Waals surface area contributed by atoms with Gasteiger partial charge < -0.3 is 0 Å². The van der Waals surface area contributed by atoms with Crippen LogP contribution in [0.2, 0.25) is 0 Å². The lowest BCUT2D eigenvalue weighted by Gasteiger charge is -2.07. The summed E-state index contributed by atoms with van der Waals surface area (Å²) in [7, 11) is 0. The number of carbonyl (C=O) groups is 1. The van der Waals surface area contributed by atoms with Gasteiger partial charge in [0, 0.05) is 6.54 Å². The third kappa shape index (κ3) is 3.64. The van der Waals surface area contributed by atoms with E-state index < -0.39 is 17.7 Å². The van der Waals surface area contributed by atoms with Crippen molar-refractivity contribution in [3.8, 4) is 0 Å². The highest BCUT2D eigenvalue weighted by atomic mass is 19.4. The Morgan fingerprint density at radius 3 is 2.71 bits per heavy atom. The molecule has 0 amide bonds. The van der Waals surface area contributed by atoms with Gasteiger partial charge in [-0.15, -0.1) is 5.10 Å². The van der Waals surface area contributed by atoms with E-state index >= 15 is 0 Å². The first kappa shape index (κ1) is 15.1. The molecule has 0 spiro atoms. The van der Waals surface area contributed by atoms with Gasteiger partial charge in [-0.25, -0.2) is 14.3 Å². The second-order valence-electron chi connectivity index (χ2n) is 4.88. The third-order valence-corrected chi connectivity index (χ3v) is 2.57. The molecule has 7 nitrogen and oxygen atoms in total. The van der Waals surface area contributed by atoms with Crippen molar-refractivity contribution in [3.63, 3.8) is 0 Å². The van der Waals surface area contributed by atoms with E-state index in [0.29, 0.717) is 18.3 Å². The van der Waals surface area contributed by atoms with Crippen LogP contribution in [0.1, 0.15) is 30.2 Å². The van der Waals surface area contributed by atoms with Crippen molar-refractivity contribution in [1.29, 1.82) is 0 Å². The molecule has 0 aliphatic heterocycles. The quantitative estimate of drug-likeness (QED) is 0.778. The van der Waals surface area contributed by atoms with Crippen LogP contribution in [0.5, 0.6) is 0 Å². The highest BCUT2D eigenvalue weighted by molar-refractivity contribution is 5.98. The van der Waals surface area contributed by atoms with E-state index in [9.17, 15) is 18.0 Å². The zero-order valence-corrected chi connectivity index (χ0v) is 11.4. The molecule has 2 rings (SSSR count). The van der Waals surface area contributed by atoms with E-state index in [0.717, 1.165) is 10.9 Å². The van der Waals surface area contributed by atoms with E-state index in [2.05, 4.69) is 20.4 Å². The van der Waals surface area contributed by atoms with Gasteiger partial charge in [-0.05, 0) is 5.92 Å². The Morgan fingerprint density at radius 1 is 1.38 bits per heavy atom. The van der Waals surface area contributed by atoms with E-state index in [1.54, 1.807) is 4.68 Å². The van der Waals surface area contributed by atoms with E-state index in [4.69, 9.17) is 0 Å². The normalized spacial score (nSPS) is 12.1. The second kappa shape index (κ2) is 5.62. The van der Waals surface area contributed by atoms with Crippen LogP contribution < -0.4 is 0 Å². The van der Waals surface area contributed by atoms with Crippen LogP contribution >= 0.6 is 0 Å². The standard InChI is InChI=1S/C11H13F3N6O/c1-7(2)3-20-9(15-6-16-20)5-19-4-8(17-18-19)10(21)11(12,13)14/h4,6-7H,3,5H2,1-2H3. The van der Waals surface area contributed by atoms with Crippen molar-refractivity contribution in [3.05, 3.63) is 24.0 Å². The monoisotopic (exact) mass is 302 g/mol.